The minimum atomic E-state index is -0.814. The van der Waals surface area contributed by atoms with Crippen LogP contribution in [0.2, 0.25) is 0 Å². The molecule has 1 aromatic carbocycles. The van der Waals surface area contributed by atoms with Crippen LogP contribution in [0.25, 0.3) is 0 Å². The molecule has 0 amide bonds. The number of rotatable bonds is 4. The highest BCUT2D eigenvalue weighted by atomic mass is 16.1. The van der Waals surface area contributed by atoms with Crippen LogP contribution in [0.15, 0.2) is 24.3 Å². The molecule has 1 rings (SSSR count). The molecule has 0 saturated carbocycles. The van der Waals surface area contributed by atoms with Crippen molar-refractivity contribution in [1.29, 1.82) is 0 Å². The summed E-state index contributed by atoms with van der Waals surface area (Å²) >= 11 is 0. The lowest BCUT2D eigenvalue weighted by Gasteiger charge is -2.22. The van der Waals surface area contributed by atoms with Gasteiger partial charge in [-0.05, 0) is 24.0 Å². The molecule has 1 atom stereocenters. The molecule has 0 bridgehead atoms. The van der Waals surface area contributed by atoms with Gasteiger partial charge in [0.15, 0.2) is 0 Å². The van der Waals surface area contributed by atoms with E-state index < -0.39 is 5.54 Å². The fraction of sp³-hybridized carbons (Fsp3) is 0.417. The number of aryl methyl sites for hydroxylation is 1. The van der Waals surface area contributed by atoms with Crippen molar-refractivity contribution in [2.24, 2.45) is 5.73 Å². The summed E-state index contributed by atoms with van der Waals surface area (Å²) in [7, 11) is 0. The lowest BCUT2D eigenvalue weighted by atomic mass is 9.89. The van der Waals surface area contributed by atoms with Gasteiger partial charge in [0.1, 0.15) is 6.29 Å². The van der Waals surface area contributed by atoms with E-state index in [1.165, 1.54) is 5.56 Å². The van der Waals surface area contributed by atoms with Crippen LogP contribution >= 0.6 is 0 Å². The third-order valence-electron chi connectivity index (χ3n) is 2.67. The lowest BCUT2D eigenvalue weighted by Crippen LogP contribution is -2.37. The van der Waals surface area contributed by atoms with E-state index in [2.05, 4.69) is 6.92 Å². The van der Waals surface area contributed by atoms with E-state index in [-0.39, 0.29) is 0 Å². The summed E-state index contributed by atoms with van der Waals surface area (Å²) in [5.41, 5.74) is 7.29. The largest absolute Gasteiger partial charge is 0.316 e. The molecule has 0 heterocycles. The van der Waals surface area contributed by atoms with Crippen LogP contribution in [0.1, 0.15) is 31.4 Å². The number of hydrogen-bond donors (Lipinski definition) is 1. The molecule has 1 unspecified atom stereocenters. The second-order valence-corrected chi connectivity index (χ2v) is 3.57. The van der Waals surface area contributed by atoms with Gasteiger partial charge in [-0.25, -0.2) is 0 Å². The second kappa shape index (κ2) is 4.38. The Bertz CT molecular complexity index is 322. The maximum Gasteiger partial charge on any atom is 0.144 e. The van der Waals surface area contributed by atoms with E-state index in [0.29, 0.717) is 6.42 Å². The molecular formula is C12H17NO. The van der Waals surface area contributed by atoms with Crippen molar-refractivity contribution in [1.82, 2.24) is 0 Å². The van der Waals surface area contributed by atoms with Crippen molar-refractivity contribution in [3.05, 3.63) is 35.4 Å². The van der Waals surface area contributed by atoms with Gasteiger partial charge < -0.3 is 10.5 Å². The highest BCUT2D eigenvalue weighted by Gasteiger charge is 2.24. The van der Waals surface area contributed by atoms with E-state index in [1.54, 1.807) is 0 Å². The molecule has 0 aliphatic heterocycles. The molecule has 1 aromatic rings. The van der Waals surface area contributed by atoms with E-state index in [4.69, 9.17) is 5.73 Å². The molecule has 2 heteroatoms. The van der Waals surface area contributed by atoms with Gasteiger partial charge in [-0.15, -0.1) is 0 Å². The summed E-state index contributed by atoms with van der Waals surface area (Å²) in [5.74, 6) is 0. The average molecular weight is 191 g/mol. The Labute approximate surface area is 85.1 Å². The Kier molecular flexibility index (Phi) is 3.42. The fourth-order valence-corrected chi connectivity index (χ4v) is 1.44. The SMILES string of the molecule is CCc1cccc(C(N)(C=O)CC)c1. The first-order chi connectivity index (χ1) is 6.66. The van der Waals surface area contributed by atoms with Gasteiger partial charge >= 0.3 is 0 Å². The monoisotopic (exact) mass is 191 g/mol. The summed E-state index contributed by atoms with van der Waals surface area (Å²) < 4.78 is 0. The van der Waals surface area contributed by atoms with Crippen molar-refractivity contribution >= 4 is 6.29 Å². The Hall–Kier alpha value is -1.15. The Morgan fingerprint density at radius 2 is 2.14 bits per heavy atom. The zero-order valence-corrected chi connectivity index (χ0v) is 8.79. The predicted octanol–water partition coefficient (Wildman–Crippen LogP) is 2.01. The van der Waals surface area contributed by atoms with Crippen molar-refractivity contribution in [3.8, 4) is 0 Å². The number of carbonyl (C=O) groups is 1. The smallest absolute Gasteiger partial charge is 0.144 e. The molecule has 2 N–H and O–H groups in total. The molecule has 0 saturated heterocycles. The number of aldehydes is 1. The minimum Gasteiger partial charge on any atom is -0.316 e. The zero-order valence-electron chi connectivity index (χ0n) is 8.79. The minimum absolute atomic E-state index is 0.629. The molecule has 76 valence electrons. The summed E-state index contributed by atoms with van der Waals surface area (Å²) in [6.07, 6.45) is 2.43. The Morgan fingerprint density at radius 3 is 2.64 bits per heavy atom. The van der Waals surface area contributed by atoms with Crippen LogP contribution in [0.3, 0.4) is 0 Å². The average Bonchev–Trinajstić information content (AvgIpc) is 2.28. The third kappa shape index (κ3) is 2.02. The molecular weight excluding hydrogens is 174 g/mol. The molecule has 0 radical (unpaired) electrons. The summed E-state index contributed by atoms with van der Waals surface area (Å²) in [6, 6.07) is 7.92. The summed E-state index contributed by atoms with van der Waals surface area (Å²) in [4.78, 5) is 10.9. The number of benzene rings is 1. The van der Waals surface area contributed by atoms with E-state index >= 15 is 0 Å². The van der Waals surface area contributed by atoms with E-state index in [0.717, 1.165) is 18.3 Å². The van der Waals surface area contributed by atoms with Gasteiger partial charge in [0, 0.05) is 0 Å². The molecule has 0 spiro atoms. The van der Waals surface area contributed by atoms with Crippen molar-refractivity contribution < 1.29 is 4.79 Å². The summed E-state index contributed by atoms with van der Waals surface area (Å²) in [5, 5.41) is 0. The molecule has 0 aromatic heterocycles. The van der Waals surface area contributed by atoms with Gasteiger partial charge in [-0.2, -0.15) is 0 Å². The zero-order chi connectivity index (χ0) is 10.6. The predicted molar refractivity (Wildman–Crippen MR) is 58.0 cm³/mol. The third-order valence-corrected chi connectivity index (χ3v) is 2.67. The van der Waals surface area contributed by atoms with E-state index in [1.807, 2.05) is 31.2 Å². The van der Waals surface area contributed by atoms with Gasteiger partial charge in [-0.1, -0.05) is 38.1 Å². The Balaban J connectivity index is 3.10. The first kappa shape index (κ1) is 10.9. The van der Waals surface area contributed by atoms with Crippen LogP contribution in [-0.2, 0) is 16.8 Å². The highest BCUT2D eigenvalue weighted by Crippen LogP contribution is 2.20. The van der Waals surface area contributed by atoms with Crippen LogP contribution in [0.5, 0.6) is 0 Å². The van der Waals surface area contributed by atoms with Crippen molar-refractivity contribution in [2.75, 3.05) is 0 Å². The van der Waals surface area contributed by atoms with Crippen LogP contribution in [0, 0.1) is 0 Å². The molecule has 14 heavy (non-hydrogen) atoms. The standard InChI is InChI=1S/C12H17NO/c1-3-10-6-5-7-11(8-10)12(13,4-2)9-14/h5-9H,3-4,13H2,1-2H3. The van der Waals surface area contributed by atoms with Crippen molar-refractivity contribution in [3.63, 3.8) is 0 Å². The van der Waals surface area contributed by atoms with Gasteiger partial charge in [0.25, 0.3) is 0 Å². The molecule has 0 fully saturated rings. The van der Waals surface area contributed by atoms with Crippen molar-refractivity contribution in [2.45, 2.75) is 32.2 Å². The van der Waals surface area contributed by atoms with Gasteiger partial charge in [0.2, 0.25) is 0 Å². The fourth-order valence-electron chi connectivity index (χ4n) is 1.44. The number of nitrogens with two attached hydrogens (primary N) is 1. The van der Waals surface area contributed by atoms with Crippen LogP contribution in [-0.4, -0.2) is 6.29 Å². The molecule has 0 aliphatic rings. The first-order valence-electron chi connectivity index (χ1n) is 5.01. The quantitative estimate of drug-likeness (QED) is 0.740. The second-order valence-electron chi connectivity index (χ2n) is 3.57. The van der Waals surface area contributed by atoms with Gasteiger partial charge in [0.05, 0.1) is 5.54 Å². The lowest BCUT2D eigenvalue weighted by molar-refractivity contribution is -0.112. The maximum atomic E-state index is 10.9. The number of hydrogen-bond acceptors (Lipinski definition) is 2. The highest BCUT2D eigenvalue weighted by molar-refractivity contribution is 5.67. The molecule has 0 aliphatic carbocycles. The topological polar surface area (TPSA) is 43.1 Å². The van der Waals surface area contributed by atoms with Crippen LogP contribution in [0.4, 0.5) is 0 Å². The van der Waals surface area contributed by atoms with Crippen LogP contribution < -0.4 is 5.73 Å². The Morgan fingerprint density at radius 1 is 1.43 bits per heavy atom. The molecule has 2 nitrogen and oxygen atoms in total. The van der Waals surface area contributed by atoms with E-state index in [9.17, 15) is 4.79 Å². The van der Waals surface area contributed by atoms with Gasteiger partial charge in [-0.3, -0.25) is 0 Å². The maximum absolute atomic E-state index is 10.9. The number of carbonyl (C=O) groups excluding carboxylic acids is 1. The first-order valence-corrected chi connectivity index (χ1v) is 5.01. The summed E-state index contributed by atoms with van der Waals surface area (Å²) in [6.45, 7) is 4.01. The normalized spacial score (nSPS) is 14.8.